The Morgan fingerprint density at radius 1 is 1.39 bits per heavy atom. The Labute approximate surface area is 112 Å². The molecule has 18 heavy (non-hydrogen) atoms. The van der Waals surface area contributed by atoms with E-state index < -0.39 is 0 Å². The second kappa shape index (κ2) is 7.20. The van der Waals surface area contributed by atoms with Gasteiger partial charge in [0.25, 0.3) is 5.91 Å². The van der Waals surface area contributed by atoms with E-state index >= 15 is 0 Å². The number of nitrogens with one attached hydrogen (secondary N) is 1. The number of hydrogen-bond donors (Lipinski definition) is 2. The third-order valence-corrected chi connectivity index (χ3v) is 3.55. The second-order valence-corrected chi connectivity index (χ2v) is 5.04. The van der Waals surface area contributed by atoms with Gasteiger partial charge in [-0.2, -0.15) is 0 Å². The van der Waals surface area contributed by atoms with Crippen molar-refractivity contribution in [3.63, 3.8) is 0 Å². The van der Waals surface area contributed by atoms with Gasteiger partial charge in [0.15, 0.2) is 5.13 Å². The van der Waals surface area contributed by atoms with Crippen molar-refractivity contribution < 1.29 is 4.79 Å². The van der Waals surface area contributed by atoms with E-state index in [4.69, 9.17) is 5.73 Å². The second-order valence-electron chi connectivity index (χ2n) is 4.04. The number of anilines is 2. The monoisotopic (exact) mass is 270 g/mol. The Hall–Kier alpha value is -1.30. The summed E-state index contributed by atoms with van der Waals surface area (Å²) in [4.78, 5) is 18.8. The van der Waals surface area contributed by atoms with Gasteiger partial charge in [-0.1, -0.05) is 25.2 Å². The molecule has 6 heteroatoms. The fraction of sp³-hybridized carbons (Fsp3) is 0.667. The van der Waals surface area contributed by atoms with Crippen molar-refractivity contribution in [3.05, 3.63) is 4.88 Å². The van der Waals surface area contributed by atoms with Crippen molar-refractivity contribution in [2.75, 3.05) is 30.7 Å². The fourth-order valence-corrected chi connectivity index (χ4v) is 2.49. The number of aromatic nitrogens is 1. The summed E-state index contributed by atoms with van der Waals surface area (Å²) in [5, 5.41) is 3.88. The number of amides is 1. The maximum atomic E-state index is 12.3. The SMILES string of the molecule is CCCNc1nc(N)c(C(=O)N(CC)CCC)s1. The Kier molecular flexibility index (Phi) is 5.91. The molecule has 0 radical (unpaired) electrons. The Bertz CT molecular complexity index is 391. The third kappa shape index (κ3) is 3.60. The first-order chi connectivity index (χ1) is 8.63. The minimum atomic E-state index is -0.0149. The lowest BCUT2D eigenvalue weighted by atomic mass is 10.3. The van der Waals surface area contributed by atoms with E-state index in [9.17, 15) is 4.79 Å². The van der Waals surface area contributed by atoms with Gasteiger partial charge in [0, 0.05) is 19.6 Å². The van der Waals surface area contributed by atoms with Crippen LogP contribution >= 0.6 is 11.3 Å². The number of nitrogens with two attached hydrogens (primary N) is 1. The maximum Gasteiger partial charge on any atom is 0.267 e. The molecule has 0 spiro atoms. The van der Waals surface area contributed by atoms with Gasteiger partial charge in [0.1, 0.15) is 10.7 Å². The summed E-state index contributed by atoms with van der Waals surface area (Å²) in [6.45, 7) is 8.40. The van der Waals surface area contributed by atoms with Crippen molar-refractivity contribution in [2.45, 2.75) is 33.6 Å². The van der Waals surface area contributed by atoms with Gasteiger partial charge in [0.05, 0.1) is 0 Å². The summed E-state index contributed by atoms with van der Waals surface area (Å²) in [6.07, 6.45) is 1.96. The van der Waals surface area contributed by atoms with E-state index in [0.29, 0.717) is 17.2 Å². The quantitative estimate of drug-likeness (QED) is 0.798. The van der Waals surface area contributed by atoms with Crippen LogP contribution in [0.3, 0.4) is 0 Å². The molecule has 0 aromatic carbocycles. The first-order valence-corrected chi connectivity index (χ1v) is 7.25. The number of carbonyl (C=O) groups excluding carboxylic acids is 1. The lowest BCUT2D eigenvalue weighted by Crippen LogP contribution is -2.31. The van der Waals surface area contributed by atoms with Crippen LogP contribution in [-0.2, 0) is 0 Å². The predicted molar refractivity (Wildman–Crippen MR) is 77.2 cm³/mol. The highest BCUT2D eigenvalue weighted by Crippen LogP contribution is 2.26. The minimum absolute atomic E-state index is 0.0149. The molecule has 0 fully saturated rings. The Morgan fingerprint density at radius 2 is 2.11 bits per heavy atom. The first-order valence-electron chi connectivity index (χ1n) is 6.43. The highest BCUT2D eigenvalue weighted by Gasteiger charge is 2.20. The van der Waals surface area contributed by atoms with Crippen LogP contribution in [-0.4, -0.2) is 35.4 Å². The van der Waals surface area contributed by atoms with Crippen LogP contribution in [0.4, 0.5) is 10.9 Å². The highest BCUT2D eigenvalue weighted by molar-refractivity contribution is 7.18. The zero-order valence-corrected chi connectivity index (χ0v) is 12.1. The van der Waals surface area contributed by atoms with Crippen LogP contribution in [0.25, 0.3) is 0 Å². The zero-order valence-electron chi connectivity index (χ0n) is 11.3. The van der Waals surface area contributed by atoms with Crippen LogP contribution in [0.5, 0.6) is 0 Å². The van der Waals surface area contributed by atoms with E-state index in [1.54, 1.807) is 4.90 Å². The summed E-state index contributed by atoms with van der Waals surface area (Å²) in [5.41, 5.74) is 5.81. The van der Waals surface area contributed by atoms with Gasteiger partial charge in [-0.3, -0.25) is 4.79 Å². The molecule has 102 valence electrons. The molecule has 0 saturated heterocycles. The predicted octanol–water partition coefficient (Wildman–Crippen LogP) is 2.42. The summed E-state index contributed by atoms with van der Waals surface area (Å²) < 4.78 is 0. The molecule has 0 aliphatic heterocycles. The molecular weight excluding hydrogens is 248 g/mol. The van der Waals surface area contributed by atoms with Crippen molar-refractivity contribution in [3.8, 4) is 0 Å². The van der Waals surface area contributed by atoms with Crippen LogP contribution in [0.1, 0.15) is 43.3 Å². The van der Waals surface area contributed by atoms with Crippen molar-refractivity contribution >= 4 is 28.2 Å². The number of thiazole rings is 1. The number of nitrogen functional groups attached to an aromatic ring is 1. The van der Waals surface area contributed by atoms with Gasteiger partial charge in [-0.05, 0) is 19.8 Å². The van der Waals surface area contributed by atoms with Crippen LogP contribution < -0.4 is 11.1 Å². The van der Waals surface area contributed by atoms with Crippen molar-refractivity contribution in [2.24, 2.45) is 0 Å². The molecule has 0 atom stereocenters. The van der Waals surface area contributed by atoms with Crippen molar-refractivity contribution in [1.29, 1.82) is 0 Å². The van der Waals surface area contributed by atoms with Crippen LogP contribution in [0.15, 0.2) is 0 Å². The van der Waals surface area contributed by atoms with E-state index in [0.717, 1.165) is 31.1 Å². The number of nitrogens with zero attached hydrogens (tertiary/aromatic N) is 2. The molecule has 0 saturated carbocycles. The lowest BCUT2D eigenvalue weighted by Gasteiger charge is -2.18. The molecule has 1 rings (SSSR count). The normalized spacial score (nSPS) is 10.4. The van der Waals surface area contributed by atoms with Gasteiger partial charge in [0.2, 0.25) is 0 Å². The molecule has 0 aliphatic carbocycles. The van der Waals surface area contributed by atoms with Crippen LogP contribution in [0, 0.1) is 0 Å². The smallest absolute Gasteiger partial charge is 0.267 e. The summed E-state index contributed by atoms with van der Waals surface area (Å²) in [6, 6.07) is 0. The lowest BCUT2D eigenvalue weighted by molar-refractivity contribution is 0.0770. The summed E-state index contributed by atoms with van der Waals surface area (Å²) in [7, 11) is 0. The molecule has 0 unspecified atom stereocenters. The molecule has 3 N–H and O–H groups in total. The van der Waals surface area contributed by atoms with Gasteiger partial charge >= 0.3 is 0 Å². The average Bonchev–Trinajstić information content (AvgIpc) is 2.74. The maximum absolute atomic E-state index is 12.3. The van der Waals surface area contributed by atoms with Gasteiger partial charge < -0.3 is 16.0 Å². The average molecular weight is 270 g/mol. The molecule has 1 aromatic rings. The molecular formula is C12H22N4OS. The molecule has 1 aromatic heterocycles. The molecule has 0 bridgehead atoms. The molecule has 1 amide bonds. The van der Waals surface area contributed by atoms with Gasteiger partial charge in [-0.25, -0.2) is 4.98 Å². The highest BCUT2D eigenvalue weighted by atomic mass is 32.1. The van der Waals surface area contributed by atoms with E-state index in [-0.39, 0.29) is 5.91 Å². The Balaban J connectivity index is 2.81. The van der Waals surface area contributed by atoms with E-state index in [1.807, 2.05) is 6.92 Å². The third-order valence-electron chi connectivity index (χ3n) is 2.54. The van der Waals surface area contributed by atoms with Gasteiger partial charge in [-0.15, -0.1) is 0 Å². The summed E-state index contributed by atoms with van der Waals surface area (Å²) in [5.74, 6) is 0.317. The first kappa shape index (κ1) is 14.8. The minimum Gasteiger partial charge on any atom is -0.382 e. The number of carbonyl (C=O) groups is 1. The standard InChI is InChI=1S/C12H22N4OS/c1-4-7-14-12-15-10(13)9(18-12)11(17)16(6-3)8-5-2/h4-8,13H2,1-3H3,(H,14,15). The number of hydrogen-bond acceptors (Lipinski definition) is 5. The number of rotatable bonds is 7. The topological polar surface area (TPSA) is 71.2 Å². The largest absolute Gasteiger partial charge is 0.382 e. The molecule has 0 aliphatic rings. The molecule has 5 nitrogen and oxygen atoms in total. The van der Waals surface area contributed by atoms with E-state index in [2.05, 4.69) is 24.1 Å². The zero-order chi connectivity index (χ0) is 13.5. The fourth-order valence-electron chi connectivity index (χ4n) is 1.61. The van der Waals surface area contributed by atoms with Crippen LogP contribution in [0.2, 0.25) is 0 Å². The molecule has 1 heterocycles. The van der Waals surface area contributed by atoms with Crippen molar-refractivity contribution in [1.82, 2.24) is 9.88 Å². The summed E-state index contributed by atoms with van der Waals surface area (Å²) >= 11 is 1.34. The Morgan fingerprint density at radius 3 is 2.67 bits per heavy atom. The van der Waals surface area contributed by atoms with E-state index in [1.165, 1.54) is 11.3 Å².